The predicted octanol–water partition coefficient (Wildman–Crippen LogP) is 19.4. The summed E-state index contributed by atoms with van der Waals surface area (Å²) < 4.78 is 62.3. The molecule has 0 amide bonds. The number of para-hydroxylation sites is 8. The van der Waals surface area contributed by atoms with E-state index in [4.69, 9.17) is 17.7 Å². The smallest absolute Gasteiger partial charge is 0.159 e. The molecule has 0 aliphatic rings. The highest BCUT2D eigenvalue weighted by Gasteiger charge is 2.30. The molecule has 16 rings (SSSR count). The minimum absolute atomic E-state index is 0.359. The average Bonchev–Trinajstić information content (AvgIpc) is 4.21. The van der Waals surface area contributed by atoms with Crippen LogP contribution in [0.5, 0.6) is 0 Å². The maximum atomic E-state index is 17.7. The number of furan rings is 4. The van der Waals surface area contributed by atoms with Crippen molar-refractivity contribution in [1.82, 2.24) is 0 Å². The highest BCUT2D eigenvalue weighted by Crippen LogP contribution is 2.53. The van der Waals surface area contributed by atoms with Crippen molar-refractivity contribution in [2.45, 2.75) is 0 Å². The summed E-state index contributed by atoms with van der Waals surface area (Å²) in [6.07, 6.45) is 0. The highest BCUT2D eigenvalue weighted by molar-refractivity contribution is 6.30. The zero-order valence-corrected chi connectivity index (χ0v) is 37.9. The summed E-state index contributed by atoms with van der Waals surface area (Å²) in [5.74, 6) is -0.931. The molecule has 0 saturated carbocycles. The van der Waals surface area contributed by atoms with E-state index in [9.17, 15) is 0 Å². The molecule has 0 saturated heterocycles. The van der Waals surface area contributed by atoms with E-state index < -0.39 is 11.6 Å². The molecule has 0 unspecified atom stereocenters. The van der Waals surface area contributed by atoms with E-state index in [1.807, 2.05) is 204 Å². The number of hydrogen-bond donors (Lipinski definition) is 0. The molecule has 0 N–H and O–H groups in total. The average molecular weight is 933 g/mol. The molecule has 4 aromatic heterocycles. The first kappa shape index (κ1) is 39.2. The molecule has 338 valence electrons. The molecule has 16 aromatic rings. The van der Waals surface area contributed by atoms with Crippen LogP contribution in [0.15, 0.2) is 224 Å². The summed E-state index contributed by atoms with van der Waals surface area (Å²) in [5, 5.41) is 10.8. The molecular formula is C64H34F2N2O4. The van der Waals surface area contributed by atoms with E-state index in [1.54, 1.807) is 12.1 Å². The van der Waals surface area contributed by atoms with E-state index in [-0.39, 0.29) is 0 Å². The molecule has 0 bridgehead atoms. The van der Waals surface area contributed by atoms with Gasteiger partial charge in [-0.05, 0) is 60.7 Å². The van der Waals surface area contributed by atoms with Crippen molar-refractivity contribution in [2.24, 2.45) is 0 Å². The first-order valence-electron chi connectivity index (χ1n) is 23.9. The maximum absolute atomic E-state index is 17.7. The van der Waals surface area contributed by atoms with Crippen LogP contribution in [-0.2, 0) is 0 Å². The van der Waals surface area contributed by atoms with Gasteiger partial charge in [-0.15, -0.1) is 0 Å². The van der Waals surface area contributed by atoms with E-state index in [0.29, 0.717) is 88.8 Å². The summed E-state index contributed by atoms with van der Waals surface area (Å²) in [6, 6.07) is 66.6. The van der Waals surface area contributed by atoms with Gasteiger partial charge in [0.25, 0.3) is 0 Å². The summed E-state index contributed by atoms with van der Waals surface area (Å²) in [6.45, 7) is 0. The van der Waals surface area contributed by atoms with Crippen molar-refractivity contribution in [2.75, 3.05) is 9.80 Å². The van der Waals surface area contributed by atoms with Crippen LogP contribution in [0.1, 0.15) is 0 Å². The van der Waals surface area contributed by atoms with Gasteiger partial charge >= 0.3 is 0 Å². The first-order valence-corrected chi connectivity index (χ1v) is 23.9. The van der Waals surface area contributed by atoms with Crippen LogP contribution in [0.25, 0.3) is 120 Å². The number of nitrogens with zero attached hydrogens (tertiary/aromatic N) is 2. The maximum Gasteiger partial charge on any atom is 0.159 e. The minimum Gasteiger partial charge on any atom is -0.454 e. The Labute approximate surface area is 406 Å². The second-order valence-corrected chi connectivity index (χ2v) is 18.5. The molecule has 6 nitrogen and oxygen atoms in total. The molecule has 0 fully saturated rings. The van der Waals surface area contributed by atoms with E-state index in [2.05, 4.69) is 0 Å². The largest absolute Gasteiger partial charge is 0.454 e. The van der Waals surface area contributed by atoms with Crippen molar-refractivity contribution < 1.29 is 26.4 Å². The highest BCUT2D eigenvalue weighted by atomic mass is 19.1. The summed E-state index contributed by atoms with van der Waals surface area (Å²) in [5.41, 5.74) is 9.20. The van der Waals surface area contributed by atoms with E-state index in [0.717, 1.165) is 65.4 Å². The fraction of sp³-hybridized carbons (Fsp3) is 0. The molecule has 0 atom stereocenters. The molecule has 0 aliphatic heterocycles. The summed E-state index contributed by atoms with van der Waals surface area (Å²) in [4.78, 5) is 4.08. The van der Waals surface area contributed by atoms with Crippen molar-refractivity contribution in [3.05, 3.63) is 218 Å². The fourth-order valence-electron chi connectivity index (χ4n) is 11.7. The molecule has 0 spiro atoms. The molecule has 12 aromatic carbocycles. The lowest BCUT2D eigenvalue weighted by molar-refractivity contribution is 0.639. The van der Waals surface area contributed by atoms with Crippen LogP contribution in [0.4, 0.5) is 42.9 Å². The third-order valence-corrected chi connectivity index (χ3v) is 14.7. The van der Waals surface area contributed by atoms with E-state index in [1.165, 1.54) is 0 Å². The Morgan fingerprint density at radius 1 is 0.236 bits per heavy atom. The van der Waals surface area contributed by atoms with Crippen LogP contribution in [0.2, 0.25) is 0 Å². The Hall–Kier alpha value is -9.66. The minimum atomic E-state index is -0.466. The zero-order valence-electron chi connectivity index (χ0n) is 37.9. The lowest BCUT2D eigenvalue weighted by Gasteiger charge is -2.29. The van der Waals surface area contributed by atoms with Crippen molar-refractivity contribution >= 4 is 154 Å². The van der Waals surface area contributed by atoms with Gasteiger partial charge in [0.2, 0.25) is 0 Å². The van der Waals surface area contributed by atoms with Gasteiger partial charge in [-0.3, -0.25) is 0 Å². The van der Waals surface area contributed by atoms with Crippen molar-refractivity contribution in [3.63, 3.8) is 0 Å². The molecule has 4 heterocycles. The topological polar surface area (TPSA) is 59.0 Å². The van der Waals surface area contributed by atoms with Gasteiger partial charge in [-0.2, -0.15) is 0 Å². The lowest BCUT2D eigenvalue weighted by Crippen LogP contribution is -2.13. The number of anilines is 6. The SMILES string of the molecule is Fc1cc(N(c2cccc3c2oc2ccccc23)c2cccc3c2oc2ccccc23)c2ccc3c(F)cc(N(c4cccc5c4oc4ccccc45)c4cccc5c4oc4ccccc45)c4ccc1c2c34. The van der Waals surface area contributed by atoms with E-state index >= 15 is 8.78 Å². The van der Waals surface area contributed by atoms with Crippen LogP contribution in [-0.4, -0.2) is 0 Å². The van der Waals surface area contributed by atoms with Crippen molar-refractivity contribution in [3.8, 4) is 0 Å². The standard InChI is InChI=1S/C64H34F2N2O4/c65-47-33-53(67(49-21-9-17-39-35-13-1-5-25-55(35)69-61(39)49)50-22-10-18-40-36-14-2-6-26-56(36)70-62(40)50)45-31-29-44-48(66)34-54(46-32-30-43(47)59(45)60(44)46)68(51-23-11-19-41-37-15-3-7-27-57(37)71-63(41)51)52-24-12-20-42-38-16-4-8-28-58(38)72-64(42)52/h1-34H. The molecule has 0 radical (unpaired) electrons. The van der Waals surface area contributed by atoms with Gasteiger partial charge in [-0.1, -0.05) is 146 Å². The number of rotatable bonds is 6. The quantitative estimate of drug-likeness (QED) is 0.155. The summed E-state index contributed by atoms with van der Waals surface area (Å²) >= 11 is 0. The predicted molar refractivity (Wildman–Crippen MR) is 289 cm³/mol. The van der Waals surface area contributed by atoms with Gasteiger partial charge in [0.05, 0.1) is 34.1 Å². The molecule has 72 heavy (non-hydrogen) atoms. The van der Waals surface area contributed by atoms with Crippen molar-refractivity contribution in [1.29, 1.82) is 0 Å². The van der Waals surface area contributed by atoms with Gasteiger partial charge in [0.15, 0.2) is 22.3 Å². The normalized spacial score (nSPS) is 12.3. The Morgan fingerprint density at radius 2 is 0.500 bits per heavy atom. The molecule has 0 aliphatic carbocycles. The van der Waals surface area contributed by atoms with Gasteiger partial charge < -0.3 is 27.5 Å². The first-order chi connectivity index (χ1) is 35.6. The van der Waals surface area contributed by atoms with Gasteiger partial charge in [-0.25, -0.2) is 8.78 Å². The third kappa shape index (κ3) is 5.29. The molecular weight excluding hydrogens is 899 g/mol. The Morgan fingerprint density at radius 3 is 0.806 bits per heavy atom. The number of benzene rings is 12. The van der Waals surface area contributed by atoms with Crippen LogP contribution >= 0.6 is 0 Å². The zero-order chi connectivity index (χ0) is 47.3. The fourth-order valence-corrected chi connectivity index (χ4v) is 11.7. The Bertz CT molecular complexity index is 4410. The lowest BCUT2D eigenvalue weighted by atomic mass is 9.91. The summed E-state index contributed by atoms with van der Waals surface area (Å²) in [7, 11) is 0. The van der Waals surface area contributed by atoms with Crippen LogP contribution in [0, 0.1) is 11.6 Å². The number of fused-ring (bicyclic) bond motifs is 12. The molecule has 8 heteroatoms. The van der Waals surface area contributed by atoms with Crippen LogP contribution in [0.3, 0.4) is 0 Å². The third-order valence-electron chi connectivity index (χ3n) is 14.7. The van der Waals surface area contributed by atoms with Crippen LogP contribution < -0.4 is 9.80 Å². The Kier molecular flexibility index (Phi) is 7.87. The van der Waals surface area contributed by atoms with Gasteiger partial charge in [0, 0.05) is 75.4 Å². The number of halogens is 2. The second kappa shape index (κ2) is 14.4. The number of hydrogen-bond acceptors (Lipinski definition) is 6. The monoisotopic (exact) mass is 932 g/mol. The second-order valence-electron chi connectivity index (χ2n) is 18.5. The van der Waals surface area contributed by atoms with Gasteiger partial charge in [0.1, 0.15) is 34.0 Å². The Balaban J connectivity index is 1.02.